The molecule has 2 atom stereocenters. The van der Waals surface area contributed by atoms with Crippen molar-refractivity contribution in [3.05, 3.63) is 29.8 Å². The van der Waals surface area contributed by atoms with Crippen LogP contribution in [0, 0.1) is 0 Å². The summed E-state index contributed by atoms with van der Waals surface area (Å²) in [5.41, 5.74) is 0.522. The van der Waals surface area contributed by atoms with Gasteiger partial charge < -0.3 is 24.6 Å². The maximum atomic E-state index is 12.6. The second-order valence-electron chi connectivity index (χ2n) is 5.42. The van der Waals surface area contributed by atoms with Gasteiger partial charge in [-0.2, -0.15) is 0 Å². The van der Waals surface area contributed by atoms with Crippen LogP contribution in [0.4, 0.5) is 0 Å². The number of para-hydroxylation sites is 1. The minimum atomic E-state index is -0.247. The molecule has 1 fully saturated rings. The Kier molecular flexibility index (Phi) is 7.32. The number of carbonyl (C=O) groups excluding carboxylic acids is 1. The SMILES string of the molecule is CCCOc1ccccc1C(=O)NC1CCOCC1OCCO. The number of rotatable bonds is 8. The zero-order valence-corrected chi connectivity index (χ0v) is 13.5. The molecular weight excluding hydrogens is 298 g/mol. The van der Waals surface area contributed by atoms with Crippen molar-refractivity contribution in [3.63, 3.8) is 0 Å². The zero-order chi connectivity index (χ0) is 16.5. The molecule has 1 amide bonds. The van der Waals surface area contributed by atoms with Gasteiger partial charge in [0, 0.05) is 6.61 Å². The molecule has 1 aromatic carbocycles. The number of aliphatic hydroxyl groups excluding tert-OH is 1. The number of aliphatic hydroxyl groups is 1. The molecule has 0 spiro atoms. The van der Waals surface area contributed by atoms with Crippen LogP contribution in [0.5, 0.6) is 5.75 Å². The van der Waals surface area contributed by atoms with Crippen LogP contribution < -0.4 is 10.1 Å². The first kappa shape index (κ1) is 17.7. The predicted molar refractivity (Wildman–Crippen MR) is 85.7 cm³/mol. The minimum Gasteiger partial charge on any atom is -0.493 e. The van der Waals surface area contributed by atoms with Crippen LogP contribution in [0.3, 0.4) is 0 Å². The lowest BCUT2D eigenvalue weighted by molar-refractivity contribution is -0.0737. The summed E-state index contributed by atoms with van der Waals surface area (Å²) in [6.07, 6.45) is 1.32. The summed E-state index contributed by atoms with van der Waals surface area (Å²) < 4.78 is 16.6. The van der Waals surface area contributed by atoms with Crippen molar-refractivity contribution < 1.29 is 24.1 Å². The lowest BCUT2D eigenvalue weighted by atomic mass is 10.0. The molecule has 1 aliphatic rings. The zero-order valence-electron chi connectivity index (χ0n) is 13.5. The van der Waals surface area contributed by atoms with Crippen LogP contribution in [-0.2, 0) is 9.47 Å². The second-order valence-corrected chi connectivity index (χ2v) is 5.42. The Bertz CT molecular complexity index is 494. The van der Waals surface area contributed by atoms with E-state index in [1.54, 1.807) is 12.1 Å². The van der Waals surface area contributed by atoms with Crippen molar-refractivity contribution >= 4 is 5.91 Å². The van der Waals surface area contributed by atoms with E-state index in [0.717, 1.165) is 6.42 Å². The molecule has 0 radical (unpaired) electrons. The fourth-order valence-electron chi connectivity index (χ4n) is 2.48. The van der Waals surface area contributed by atoms with E-state index in [-0.39, 0.29) is 31.3 Å². The number of hydrogen-bond donors (Lipinski definition) is 2. The van der Waals surface area contributed by atoms with Gasteiger partial charge in [0.15, 0.2) is 0 Å². The van der Waals surface area contributed by atoms with Crippen molar-refractivity contribution in [2.45, 2.75) is 31.9 Å². The molecule has 6 heteroatoms. The van der Waals surface area contributed by atoms with E-state index in [2.05, 4.69) is 5.32 Å². The Hall–Kier alpha value is -1.63. The van der Waals surface area contributed by atoms with Gasteiger partial charge in [-0.05, 0) is 25.0 Å². The summed E-state index contributed by atoms with van der Waals surface area (Å²) in [7, 11) is 0. The minimum absolute atomic E-state index is 0.0507. The maximum absolute atomic E-state index is 12.6. The lowest BCUT2D eigenvalue weighted by Crippen LogP contribution is -2.50. The van der Waals surface area contributed by atoms with Crippen LogP contribution >= 0.6 is 0 Å². The molecule has 23 heavy (non-hydrogen) atoms. The monoisotopic (exact) mass is 323 g/mol. The smallest absolute Gasteiger partial charge is 0.255 e. The second kappa shape index (κ2) is 9.50. The van der Waals surface area contributed by atoms with Gasteiger partial charge in [0.2, 0.25) is 0 Å². The van der Waals surface area contributed by atoms with E-state index in [4.69, 9.17) is 19.3 Å². The average Bonchev–Trinajstić information content (AvgIpc) is 2.59. The molecule has 2 unspecified atom stereocenters. The van der Waals surface area contributed by atoms with Crippen LogP contribution in [-0.4, -0.2) is 56.2 Å². The Morgan fingerprint density at radius 2 is 2.22 bits per heavy atom. The third-order valence-corrected chi connectivity index (χ3v) is 3.64. The third kappa shape index (κ3) is 5.20. The van der Waals surface area contributed by atoms with Crippen molar-refractivity contribution in [2.75, 3.05) is 33.0 Å². The fourth-order valence-corrected chi connectivity index (χ4v) is 2.48. The Labute approximate surface area is 136 Å². The van der Waals surface area contributed by atoms with Gasteiger partial charge in [0.1, 0.15) is 11.9 Å². The molecule has 0 aliphatic carbocycles. The van der Waals surface area contributed by atoms with E-state index < -0.39 is 0 Å². The molecule has 0 bridgehead atoms. The summed E-state index contributed by atoms with van der Waals surface area (Å²) >= 11 is 0. The highest BCUT2D eigenvalue weighted by Gasteiger charge is 2.28. The summed E-state index contributed by atoms with van der Waals surface area (Å²) in [6.45, 7) is 3.77. The van der Waals surface area contributed by atoms with Crippen LogP contribution in [0.2, 0.25) is 0 Å². The van der Waals surface area contributed by atoms with Crippen molar-refractivity contribution in [1.29, 1.82) is 0 Å². The molecule has 0 aromatic heterocycles. The molecule has 6 nitrogen and oxygen atoms in total. The first-order valence-corrected chi connectivity index (χ1v) is 8.09. The van der Waals surface area contributed by atoms with E-state index in [0.29, 0.717) is 37.6 Å². The molecular formula is C17H25NO5. The van der Waals surface area contributed by atoms with E-state index >= 15 is 0 Å². The molecule has 2 N–H and O–H groups in total. The highest BCUT2D eigenvalue weighted by atomic mass is 16.5. The van der Waals surface area contributed by atoms with Crippen LogP contribution in [0.25, 0.3) is 0 Å². The van der Waals surface area contributed by atoms with Crippen molar-refractivity contribution in [2.24, 2.45) is 0 Å². The largest absolute Gasteiger partial charge is 0.493 e. The molecule has 1 aliphatic heterocycles. The fraction of sp³-hybridized carbons (Fsp3) is 0.588. The summed E-state index contributed by atoms with van der Waals surface area (Å²) in [4.78, 5) is 12.6. The van der Waals surface area contributed by atoms with E-state index in [1.807, 2.05) is 19.1 Å². The summed E-state index contributed by atoms with van der Waals surface area (Å²) in [6, 6.07) is 7.08. The first-order chi connectivity index (χ1) is 11.3. The van der Waals surface area contributed by atoms with Gasteiger partial charge >= 0.3 is 0 Å². The molecule has 1 saturated heterocycles. The van der Waals surface area contributed by atoms with Gasteiger partial charge in [-0.25, -0.2) is 0 Å². The van der Waals surface area contributed by atoms with Crippen LogP contribution in [0.15, 0.2) is 24.3 Å². The quantitative estimate of drug-likeness (QED) is 0.756. The molecule has 1 aromatic rings. The normalized spacial score (nSPS) is 21.0. The molecule has 2 rings (SSSR count). The van der Waals surface area contributed by atoms with Crippen LogP contribution in [0.1, 0.15) is 30.1 Å². The number of hydrogen-bond acceptors (Lipinski definition) is 5. The number of amides is 1. The topological polar surface area (TPSA) is 77.0 Å². The Balaban J connectivity index is 2.02. The first-order valence-electron chi connectivity index (χ1n) is 8.09. The van der Waals surface area contributed by atoms with Crippen molar-refractivity contribution in [1.82, 2.24) is 5.32 Å². The maximum Gasteiger partial charge on any atom is 0.255 e. The van der Waals surface area contributed by atoms with Gasteiger partial charge in [0.05, 0.1) is 38.0 Å². The predicted octanol–water partition coefficient (Wildman–Crippen LogP) is 1.37. The highest BCUT2D eigenvalue weighted by Crippen LogP contribution is 2.19. The van der Waals surface area contributed by atoms with Crippen molar-refractivity contribution in [3.8, 4) is 5.75 Å². The lowest BCUT2D eigenvalue weighted by Gasteiger charge is -2.32. The summed E-state index contributed by atoms with van der Waals surface area (Å²) in [5, 5.41) is 11.9. The van der Waals surface area contributed by atoms with Gasteiger partial charge in [0.25, 0.3) is 5.91 Å². The molecule has 0 saturated carbocycles. The van der Waals surface area contributed by atoms with Gasteiger partial charge in [-0.15, -0.1) is 0 Å². The standard InChI is InChI=1S/C17H25NO5/c1-2-9-22-15-6-4-3-5-13(15)17(20)18-14-7-10-21-12-16(14)23-11-8-19/h3-6,14,16,19H,2,7-12H2,1H3,(H,18,20). The molecule has 128 valence electrons. The van der Waals surface area contributed by atoms with E-state index in [9.17, 15) is 4.79 Å². The summed E-state index contributed by atoms with van der Waals surface area (Å²) in [5.74, 6) is 0.410. The van der Waals surface area contributed by atoms with E-state index in [1.165, 1.54) is 0 Å². The molecule has 1 heterocycles. The third-order valence-electron chi connectivity index (χ3n) is 3.64. The number of benzene rings is 1. The Morgan fingerprint density at radius 3 is 3.00 bits per heavy atom. The average molecular weight is 323 g/mol. The number of nitrogens with one attached hydrogen (secondary N) is 1. The van der Waals surface area contributed by atoms with Gasteiger partial charge in [-0.1, -0.05) is 19.1 Å². The Morgan fingerprint density at radius 1 is 1.39 bits per heavy atom. The number of carbonyl (C=O) groups is 1. The highest BCUT2D eigenvalue weighted by molar-refractivity contribution is 5.97. The van der Waals surface area contributed by atoms with Gasteiger partial charge in [-0.3, -0.25) is 4.79 Å². The number of ether oxygens (including phenoxy) is 3.